The maximum absolute atomic E-state index is 13.1. The third-order valence-electron chi connectivity index (χ3n) is 5.27. The number of piperazine rings is 1. The number of ether oxygens (including phenoxy) is 2. The number of benzene rings is 2. The summed E-state index contributed by atoms with van der Waals surface area (Å²) in [6.07, 6.45) is 4.33. The molecule has 146 valence electrons. The maximum Gasteiger partial charge on any atom is 0.270 e. The summed E-state index contributed by atoms with van der Waals surface area (Å²) < 4.78 is 11.8. The molecule has 0 saturated carbocycles. The van der Waals surface area contributed by atoms with Gasteiger partial charge in [0.2, 0.25) is 5.60 Å². The molecule has 2 aromatic carbocycles. The van der Waals surface area contributed by atoms with Gasteiger partial charge < -0.3 is 14.4 Å². The molecule has 5 heteroatoms. The van der Waals surface area contributed by atoms with Crippen molar-refractivity contribution < 1.29 is 14.3 Å². The van der Waals surface area contributed by atoms with E-state index in [2.05, 4.69) is 29.2 Å². The second-order valence-electron chi connectivity index (χ2n) is 7.47. The largest absolute Gasteiger partial charge is 0.485 e. The third-order valence-corrected chi connectivity index (χ3v) is 5.27. The molecular formula is C23H26N2O3. The maximum atomic E-state index is 13.1. The van der Waals surface area contributed by atoms with Gasteiger partial charge in [-0.05, 0) is 24.6 Å². The normalized spacial score (nSPS) is 22.4. The fraction of sp³-hybridized carbons (Fsp3) is 0.348. The lowest BCUT2D eigenvalue weighted by atomic mass is 10.0. The Morgan fingerprint density at radius 2 is 1.68 bits per heavy atom. The van der Waals surface area contributed by atoms with Crippen molar-refractivity contribution in [3.63, 3.8) is 0 Å². The van der Waals surface area contributed by atoms with Crippen molar-refractivity contribution in [2.45, 2.75) is 12.5 Å². The van der Waals surface area contributed by atoms with Gasteiger partial charge in [-0.25, -0.2) is 0 Å². The Morgan fingerprint density at radius 1 is 1.00 bits per heavy atom. The van der Waals surface area contributed by atoms with E-state index >= 15 is 0 Å². The van der Waals surface area contributed by atoms with E-state index in [1.165, 1.54) is 5.56 Å². The number of hydrogen-bond acceptors (Lipinski definition) is 4. The Hall–Kier alpha value is -2.79. The first-order valence-corrected chi connectivity index (χ1v) is 9.78. The Kier molecular flexibility index (Phi) is 5.35. The number of amides is 1. The first-order chi connectivity index (χ1) is 13.6. The molecular weight excluding hydrogens is 352 g/mol. The molecule has 0 bridgehead atoms. The Labute approximate surface area is 166 Å². The van der Waals surface area contributed by atoms with E-state index in [9.17, 15) is 4.79 Å². The van der Waals surface area contributed by atoms with Gasteiger partial charge in [-0.3, -0.25) is 9.69 Å². The summed E-state index contributed by atoms with van der Waals surface area (Å²) in [5, 5.41) is 0. The minimum absolute atomic E-state index is 0.00137. The summed E-state index contributed by atoms with van der Waals surface area (Å²) in [6, 6.07) is 17.8. The highest BCUT2D eigenvalue weighted by atomic mass is 16.6. The molecule has 1 amide bonds. The molecule has 2 aliphatic heterocycles. The van der Waals surface area contributed by atoms with Crippen LogP contribution in [0.5, 0.6) is 11.5 Å². The number of carbonyl (C=O) groups is 1. The molecule has 2 heterocycles. The van der Waals surface area contributed by atoms with E-state index in [4.69, 9.17) is 9.47 Å². The lowest BCUT2D eigenvalue weighted by molar-refractivity contribution is -0.153. The highest BCUT2D eigenvalue weighted by Gasteiger charge is 2.43. The number of para-hydroxylation sites is 2. The predicted molar refractivity (Wildman–Crippen MR) is 109 cm³/mol. The Morgan fingerprint density at radius 3 is 2.43 bits per heavy atom. The van der Waals surface area contributed by atoms with Crippen molar-refractivity contribution >= 4 is 12.0 Å². The van der Waals surface area contributed by atoms with Gasteiger partial charge in [-0.15, -0.1) is 0 Å². The number of carbonyl (C=O) groups excluding carboxylic acids is 1. The summed E-state index contributed by atoms with van der Waals surface area (Å²) in [5.74, 6) is 1.33. The Balaban J connectivity index is 1.30. The van der Waals surface area contributed by atoms with E-state index in [-0.39, 0.29) is 12.5 Å². The molecule has 1 atom stereocenters. The summed E-state index contributed by atoms with van der Waals surface area (Å²) in [5.41, 5.74) is 0.239. The lowest BCUT2D eigenvalue weighted by Gasteiger charge is -2.41. The van der Waals surface area contributed by atoms with E-state index < -0.39 is 5.60 Å². The molecule has 4 rings (SSSR count). The predicted octanol–water partition coefficient (Wildman–Crippen LogP) is 3.07. The average Bonchev–Trinajstić information content (AvgIpc) is 2.74. The van der Waals surface area contributed by atoms with Crippen molar-refractivity contribution in [3.05, 3.63) is 66.2 Å². The molecule has 1 unspecified atom stereocenters. The highest BCUT2D eigenvalue weighted by molar-refractivity contribution is 5.86. The van der Waals surface area contributed by atoms with E-state index in [0.717, 1.165) is 19.6 Å². The minimum atomic E-state index is -0.969. The molecule has 0 aromatic heterocycles. The molecule has 5 nitrogen and oxygen atoms in total. The second kappa shape index (κ2) is 8.07. The van der Waals surface area contributed by atoms with Crippen LogP contribution in [0, 0.1) is 0 Å². The first kappa shape index (κ1) is 18.6. The molecule has 0 aliphatic carbocycles. The molecule has 1 saturated heterocycles. The highest BCUT2D eigenvalue weighted by Crippen LogP contribution is 2.35. The minimum Gasteiger partial charge on any atom is -0.485 e. The zero-order chi connectivity index (χ0) is 19.4. The van der Waals surface area contributed by atoms with E-state index in [1.807, 2.05) is 54.3 Å². The van der Waals surface area contributed by atoms with Crippen LogP contribution in [0.25, 0.3) is 6.08 Å². The zero-order valence-electron chi connectivity index (χ0n) is 16.2. The summed E-state index contributed by atoms with van der Waals surface area (Å²) >= 11 is 0. The molecule has 2 aliphatic rings. The van der Waals surface area contributed by atoms with Gasteiger partial charge in [0.25, 0.3) is 5.91 Å². The van der Waals surface area contributed by atoms with E-state index in [1.54, 1.807) is 0 Å². The van der Waals surface area contributed by atoms with Crippen molar-refractivity contribution in [2.75, 3.05) is 39.3 Å². The Bertz CT molecular complexity index is 844. The molecule has 0 N–H and O–H groups in total. The standard InChI is InChI=1S/C23H26N2O3/c1-23(18-27-20-11-5-6-12-21(20)28-23)22(26)25-16-14-24(15-17-25)13-7-10-19-8-3-2-4-9-19/h2-12H,13-18H2,1H3/b10-7+. The van der Waals surface area contributed by atoms with Gasteiger partial charge in [0, 0.05) is 32.7 Å². The molecule has 2 aromatic rings. The van der Waals surface area contributed by atoms with Gasteiger partial charge in [0.15, 0.2) is 11.5 Å². The van der Waals surface area contributed by atoms with Crippen LogP contribution in [0.4, 0.5) is 0 Å². The molecule has 0 spiro atoms. The van der Waals surface area contributed by atoms with Crippen LogP contribution in [0.15, 0.2) is 60.7 Å². The smallest absolute Gasteiger partial charge is 0.270 e. The molecule has 1 fully saturated rings. The fourth-order valence-electron chi connectivity index (χ4n) is 3.62. The quantitative estimate of drug-likeness (QED) is 0.820. The van der Waals surface area contributed by atoms with E-state index in [0.29, 0.717) is 24.6 Å². The van der Waals surface area contributed by atoms with Crippen LogP contribution in [-0.2, 0) is 4.79 Å². The monoisotopic (exact) mass is 378 g/mol. The van der Waals surface area contributed by atoms with Crippen molar-refractivity contribution in [3.8, 4) is 11.5 Å². The number of fused-ring (bicyclic) bond motifs is 1. The van der Waals surface area contributed by atoms with Gasteiger partial charge in [-0.2, -0.15) is 0 Å². The van der Waals surface area contributed by atoms with Crippen LogP contribution < -0.4 is 9.47 Å². The molecule has 28 heavy (non-hydrogen) atoms. The SMILES string of the molecule is CC1(C(=O)N2CCN(C/C=C/c3ccccc3)CC2)COc2ccccc2O1. The third kappa shape index (κ3) is 4.04. The van der Waals surface area contributed by atoms with Gasteiger partial charge in [-0.1, -0.05) is 54.6 Å². The van der Waals surface area contributed by atoms with Crippen molar-refractivity contribution in [1.29, 1.82) is 0 Å². The second-order valence-corrected chi connectivity index (χ2v) is 7.47. The zero-order valence-corrected chi connectivity index (χ0v) is 16.2. The van der Waals surface area contributed by atoms with Gasteiger partial charge in [0.05, 0.1) is 0 Å². The van der Waals surface area contributed by atoms with Crippen molar-refractivity contribution in [2.24, 2.45) is 0 Å². The van der Waals surface area contributed by atoms with Crippen LogP contribution in [-0.4, -0.2) is 60.6 Å². The number of hydrogen-bond donors (Lipinski definition) is 0. The van der Waals surface area contributed by atoms with Crippen LogP contribution >= 0.6 is 0 Å². The fourth-order valence-corrected chi connectivity index (χ4v) is 3.62. The van der Waals surface area contributed by atoms with Gasteiger partial charge >= 0.3 is 0 Å². The topological polar surface area (TPSA) is 42.0 Å². The summed E-state index contributed by atoms with van der Waals surface area (Å²) in [4.78, 5) is 17.3. The lowest BCUT2D eigenvalue weighted by Crippen LogP contribution is -2.59. The van der Waals surface area contributed by atoms with Crippen molar-refractivity contribution in [1.82, 2.24) is 9.80 Å². The molecule has 0 radical (unpaired) electrons. The summed E-state index contributed by atoms with van der Waals surface area (Å²) in [7, 11) is 0. The average molecular weight is 378 g/mol. The van der Waals surface area contributed by atoms with Gasteiger partial charge in [0.1, 0.15) is 6.61 Å². The van der Waals surface area contributed by atoms with Crippen LogP contribution in [0.2, 0.25) is 0 Å². The number of rotatable bonds is 4. The number of nitrogens with zero attached hydrogens (tertiary/aromatic N) is 2. The first-order valence-electron chi connectivity index (χ1n) is 9.78. The van der Waals surface area contributed by atoms with Crippen LogP contribution in [0.3, 0.4) is 0 Å². The van der Waals surface area contributed by atoms with Crippen LogP contribution in [0.1, 0.15) is 12.5 Å². The summed E-state index contributed by atoms with van der Waals surface area (Å²) in [6.45, 7) is 6.08.